The van der Waals surface area contributed by atoms with Crippen LogP contribution in [0.3, 0.4) is 0 Å². The van der Waals surface area contributed by atoms with Gasteiger partial charge in [-0.15, -0.1) is 0 Å². The van der Waals surface area contributed by atoms with Gasteiger partial charge in [0.1, 0.15) is 0 Å². The normalized spacial score (nSPS) is 27.4. The fourth-order valence-corrected chi connectivity index (χ4v) is 14.1. The van der Waals surface area contributed by atoms with Crippen molar-refractivity contribution in [3.05, 3.63) is 193 Å². The Morgan fingerprint density at radius 1 is 0.306 bits per heavy atom. The van der Waals surface area contributed by atoms with Crippen LogP contribution >= 0.6 is 0 Å². The quantitative estimate of drug-likeness (QED) is 0.154. The third-order valence-electron chi connectivity index (χ3n) is 16.3. The minimum absolute atomic E-state index is 0.261. The molecule has 0 radical (unpaired) electrons. The highest BCUT2D eigenvalue weighted by Gasteiger charge is 2.75. The second kappa shape index (κ2) is 14.0. The molecule has 0 saturated heterocycles. The van der Waals surface area contributed by atoms with Crippen molar-refractivity contribution in [1.29, 1.82) is 0 Å². The van der Waals surface area contributed by atoms with Crippen LogP contribution in [0.4, 0.5) is 0 Å². The molecule has 8 bridgehead atoms. The fraction of sp³-hybridized carbons (Fsp3) is 0.241. The van der Waals surface area contributed by atoms with Crippen molar-refractivity contribution < 1.29 is 0 Å². The number of hydrogen-bond acceptors (Lipinski definition) is 4. The van der Waals surface area contributed by atoms with Crippen molar-refractivity contribution in [2.24, 2.45) is 35.5 Å². The van der Waals surface area contributed by atoms with Gasteiger partial charge in [0, 0.05) is 44.2 Å². The van der Waals surface area contributed by atoms with E-state index in [-0.39, 0.29) is 10.8 Å². The summed E-state index contributed by atoms with van der Waals surface area (Å²) >= 11 is 0. The van der Waals surface area contributed by atoms with E-state index in [0.29, 0.717) is 0 Å². The van der Waals surface area contributed by atoms with Crippen LogP contribution in [0.2, 0.25) is 0 Å². The van der Waals surface area contributed by atoms with Crippen LogP contribution < -0.4 is 0 Å². The molecule has 300 valence electrons. The van der Waals surface area contributed by atoms with Crippen molar-refractivity contribution in [2.45, 2.75) is 49.4 Å². The summed E-state index contributed by atoms with van der Waals surface area (Å²) in [6.07, 6.45) is 8.24. The lowest BCUT2D eigenvalue weighted by Gasteiger charge is -2.79. The molecule has 0 aliphatic heterocycles. The first-order valence-corrected chi connectivity index (χ1v) is 22.8. The molecular formula is C58H48N4. The van der Waals surface area contributed by atoms with Crippen LogP contribution in [0.15, 0.2) is 182 Å². The Hall–Kier alpha value is -6.52. The molecule has 8 aromatic rings. The second-order valence-corrected chi connectivity index (χ2v) is 19.1. The Bertz CT molecular complexity index is 2590. The van der Waals surface area contributed by atoms with Gasteiger partial charge in [-0.3, -0.25) is 0 Å². The summed E-state index contributed by atoms with van der Waals surface area (Å²) in [5, 5.41) is 0. The van der Waals surface area contributed by atoms with E-state index in [2.05, 4.69) is 182 Å². The van der Waals surface area contributed by atoms with E-state index in [4.69, 9.17) is 19.9 Å². The predicted octanol–water partition coefficient (Wildman–Crippen LogP) is 13.6. The summed E-state index contributed by atoms with van der Waals surface area (Å²) in [5.74, 6) is 6.09. The molecule has 0 spiro atoms. The minimum Gasteiger partial charge on any atom is -0.228 e. The molecular weight excluding hydrogens is 753 g/mol. The van der Waals surface area contributed by atoms with Gasteiger partial charge in [0.25, 0.3) is 0 Å². The Morgan fingerprint density at radius 2 is 0.581 bits per heavy atom. The van der Waals surface area contributed by atoms with E-state index in [9.17, 15) is 0 Å². The van der Waals surface area contributed by atoms with Crippen LogP contribution in [-0.4, -0.2) is 19.9 Å². The molecule has 4 unspecified atom stereocenters. The second-order valence-electron chi connectivity index (χ2n) is 19.1. The maximum absolute atomic E-state index is 5.18. The van der Waals surface area contributed by atoms with E-state index < -0.39 is 0 Å². The number of hydrogen-bond donors (Lipinski definition) is 0. The average molecular weight is 801 g/mol. The van der Waals surface area contributed by atoms with Gasteiger partial charge in [0.05, 0.1) is 22.8 Å². The molecule has 7 aliphatic rings. The third kappa shape index (κ3) is 5.51. The lowest BCUT2D eigenvalue weighted by molar-refractivity contribution is -0.237. The van der Waals surface area contributed by atoms with Gasteiger partial charge in [0.15, 0.2) is 11.6 Å². The van der Waals surface area contributed by atoms with Gasteiger partial charge in [-0.1, -0.05) is 170 Å². The molecule has 0 amide bonds. The van der Waals surface area contributed by atoms with E-state index in [1.54, 1.807) is 11.1 Å². The monoisotopic (exact) mass is 800 g/mol. The summed E-state index contributed by atoms with van der Waals surface area (Å²) in [6, 6.07) is 65.7. The first-order valence-electron chi connectivity index (χ1n) is 22.8. The number of rotatable bonds is 8. The van der Waals surface area contributed by atoms with E-state index in [1.807, 2.05) is 0 Å². The standard InChI is InChI=1S/C58H48N4/c1-5-13-39(14-6-1)51-33-52(40-15-7-2-8-16-40)60-55(59-51)43-21-25-45(26-22-43)57-35-37-31-49-47(57)29-38-30-48(57)50(32-37)58(49,36-38)46-27-23-44(24-28-46)56-61-53(41-17-9-3-10-18-41)34-54(62-56)42-19-11-4-12-20-42/h1-28,33-34,37-38,47-50H,29-32,35-36H2. The molecule has 62 heavy (non-hydrogen) atoms. The minimum atomic E-state index is 0.261. The van der Waals surface area contributed by atoms with Crippen molar-refractivity contribution in [2.75, 3.05) is 0 Å². The molecule has 4 atom stereocenters. The van der Waals surface area contributed by atoms with Gasteiger partial charge < -0.3 is 0 Å². The highest BCUT2D eigenvalue weighted by Crippen LogP contribution is 2.80. The predicted molar refractivity (Wildman–Crippen MR) is 249 cm³/mol. The van der Waals surface area contributed by atoms with Crippen molar-refractivity contribution >= 4 is 0 Å². The van der Waals surface area contributed by atoms with Crippen LogP contribution in [0.5, 0.6) is 0 Å². The number of aromatic nitrogens is 4. The van der Waals surface area contributed by atoms with Crippen LogP contribution in [-0.2, 0) is 10.8 Å². The van der Waals surface area contributed by atoms with E-state index >= 15 is 0 Å². The fourth-order valence-electron chi connectivity index (χ4n) is 14.1. The van der Waals surface area contributed by atoms with E-state index in [0.717, 1.165) is 103 Å². The molecule has 4 heteroatoms. The van der Waals surface area contributed by atoms with Gasteiger partial charge in [-0.25, -0.2) is 19.9 Å². The zero-order valence-corrected chi connectivity index (χ0v) is 34.8. The number of nitrogens with zero attached hydrogens (tertiary/aromatic N) is 4. The maximum atomic E-state index is 5.18. The third-order valence-corrected chi connectivity index (χ3v) is 16.3. The largest absolute Gasteiger partial charge is 0.228 e. The van der Waals surface area contributed by atoms with Gasteiger partial charge in [0.2, 0.25) is 0 Å². The van der Waals surface area contributed by atoms with Crippen LogP contribution in [0.1, 0.15) is 49.7 Å². The highest BCUT2D eigenvalue weighted by atomic mass is 14.9. The zero-order valence-electron chi connectivity index (χ0n) is 34.8. The zero-order chi connectivity index (χ0) is 40.8. The molecule has 7 aliphatic carbocycles. The van der Waals surface area contributed by atoms with E-state index in [1.165, 1.54) is 38.5 Å². The Morgan fingerprint density at radius 3 is 0.855 bits per heavy atom. The first kappa shape index (κ1) is 36.2. The SMILES string of the molecule is c1ccc(-c2cc(-c3ccccc3)nc(-c3ccc(C45CC6CC7C4CC4CC5C(C6)C7(c5ccc(-c6nc(-c7ccccc7)cc(-c7ccccc7)n6)cc5)C4)cc3)n2)cc1. The Balaban J connectivity index is 0.846. The molecule has 15 rings (SSSR count). The molecule has 6 aromatic carbocycles. The lowest BCUT2D eigenvalue weighted by atomic mass is 9.25. The Kier molecular flexibility index (Phi) is 8.17. The molecule has 7 fully saturated rings. The van der Waals surface area contributed by atoms with Crippen LogP contribution in [0.25, 0.3) is 67.8 Å². The smallest absolute Gasteiger partial charge is 0.160 e. The van der Waals surface area contributed by atoms with Gasteiger partial charge in [-0.05, 0) is 97.3 Å². The van der Waals surface area contributed by atoms with Crippen LogP contribution in [0, 0.1) is 35.5 Å². The molecule has 2 heterocycles. The molecule has 0 N–H and O–H groups in total. The van der Waals surface area contributed by atoms with Gasteiger partial charge >= 0.3 is 0 Å². The van der Waals surface area contributed by atoms with Gasteiger partial charge in [-0.2, -0.15) is 0 Å². The van der Waals surface area contributed by atoms with Crippen molar-refractivity contribution in [1.82, 2.24) is 19.9 Å². The summed E-state index contributed by atoms with van der Waals surface area (Å²) < 4.78 is 0. The summed E-state index contributed by atoms with van der Waals surface area (Å²) in [6.45, 7) is 0. The summed E-state index contributed by atoms with van der Waals surface area (Å²) in [5.41, 5.74) is 14.1. The van der Waals surface area contributed by atoms with Crippen molar-refractivity contribution in [3.8, 4) is 67.8 Å². The maximum Gasteiger partial charge on any atom is 0.160 e. The lowest BCUT2D eigenvalue weighted by Crippen LogP contribution is -2.75. The van der Waals surface area contributed by atoms with Crippen molar-refractivity contribution in [3.63, 3.8) is 0 Å². The summed E-state index contributed by atoms with van der Waals surface area (Å²) in [4.78, 5) is 20.7. The summed E-state index contributed by atoms with van der Waals surface area (Å²) in [7, 11) is 0. The average Bonchev–Trinajstić information content (AvgIpc) is 3.36. The topological polar surface area (TPSA) is 51.6 Å². The first-order chi connectivity index (χ1) is 30.6. The molecule has 4 nitrogen and oxygen atoms in total. The molecule has 2 aromatic heterocycles. The number of benzene rings is 6. The highest BCUT2D eigenvalue weighted by molar-refractivity contribution is 5.73. The molecule has 7 saturated carbocycles. The Labute approximate surface area is 364 Å².